The van der Waals surface area contributed by atoms with Gasteiger partial charge in [0.2, 0.25) is 0 Å². The molecule has 3 aromatic rings. The standard InChI is InChI=1S/C29H36/c1-3-4-5-6-7-8-14-28-15-9-10-16-29(28)23-26-19-17-25(18-20-26)22-27-13-11-12-24(2)21-27/h9-13,15-21H,3-8,14,22-23H2,1-2H3. The van der Waals surface area contributed by atoms with Gasteiger partial charge in [-0.05, 0) is 60.4 Å². The highest BCUT2D eigenvalue weighted by Crippen LogP contribution is 2.19. The molecule has 152 valence electrons. The Morgan fingerprint density at radius 2 is 1.21 bits per heavy atom. The molecule has 0 saturated heterocycles. The number of hydrogen-bond acceptors (Lipinski definition) is 0. The van der Waals surface area contributed by atoms with Crippen LogP contribution in [0.15, 0.2) is 72.8 Å². The van der Waals surface area contributed by atoms with Gasteiger partial charge in [0.25, 0.3) is 0 Å². The van der Waals surface area contributed by atoms with E-state index in [1.165, 1.54) is 78.3 Å². The van der Waals surface area contributed by atoms with E-state index in [4.69, 9.17) is 0 Å². The number of benzene rings is 3. The van der Waals surface area contributed by atoms with Crippen molar-refractivity contribution in [3.8, 4) is 0 Å². The van der Waals surface area contributed by atoms with Crippen LogP contribution in [0.25, 0.3) is 0 Å². The van der Waals surface area contributed by atoms with Crippen LogP contribution in [0.2, 0.25) is 0 Å². The lowest BCUT2D eigenvalue weighted by atomic mass is 9.95. The molecule has 0 aliphatic carbocycles. The highest BCUT2D eigenvalue weighted by molar-refractivity contribution is 5.35. The Balaban J connectivity index is 1.56. The minimum Gasteiger partial charge on any atom is -0.0654 e. The van der Waals surface area contributed by atoms with Gasteiger partial charge in [0.05, 0.1) is 0 Å². The molecule has 0 nitrogen and oxygen atoms in total. The minimum absolute atomic E-state index is 1.01. The zero-order chi connectivity index (χ0) is 20.3. The highest BCUT2D eigenvalue weighted by Gasteiger charge is 2.04. The summed E-state index contributed by atoms with van der Waals surface area (Å²) >= 11 is 0. The molecule has 0 bridgehead atoms. The van der Waals surface area contributed by atoms with Crippen LogP contribution in [0.3, 0.4) is 0 Å². The van der Waals surface area contributed by atoms with Crippen LogP contribution >= 0.6 is 0 Å². The molecule has 0 saturated carbocycles. The van der Waals surface area contributed by atoms with Crippen LogP contribution in [0.1, 0.15) is 78.8 Å². The molecule has 0 amide bonds. The van der Waals surface area contributed by atoms with Gasteiger partial charge in [0.1, 0.15) is 0 Å². The van der Waals surface area contributed by atoms with Gasteiger partial charge in [-0.3, -0.25) is 0 Å². The summed E-state index contributed by atoms with van der Waals surface area (Å²) < 4.78 is 0. The van der Waals surface area contributed by atoms with E-state index in [-0.39, 0.29) is 0 Å². The topological polar surface area (TPSA) is 0 Å². The third-order valence-electron chi connectivity index (χ3n) is 5.83. The fraction of sp³-hybridized carbons (Fsp3) is 0.379. The zero-order valence-corrected chi connectivity index (χ0v) is 18.3. The third kappa shape index (κ3) is 7.20. The van der Waals surface area contributed by atoms with Gasteiger partial charge in [0, 0.05) is 0 Å². The van der Waals surface area contributed by atoms with Crippen molar-refractivity contribution in [2.24, 2.45) is 0 Å². The summed E-state index contributed by atoms with van der Waals surface area (Å²) in [6.07, 6.45) is 11.4. The second-order valence-electron chi connectivity index (χ2n) is 8.45. The van der Waals surface area contributed by atoms with E-state index in [0.717, 1.165) is 12.8 Å². The predicted molar refractivity (Wildman–Crippen MR) is 127 cm³/mol. The van der Waals surface area contributed by atoms with Gasteiger partial charge in [-0.1, -0.05) is 117 Å². The first-order valence-electron chi connectivity index (χ1n) is 11.4. The van der Waals surface area contributed by atoms with E-state index in [0.29, 0.717) is 0 Å². The van der Waals surface area contributed by atoms with Gasteiger partial charge < -0.3 is 0 Å². The molecule has 0 aromatic heterocycles. The van der Waals surface area contributed by atoms with Crippen molar-refractivity contribution >= 4 is 0 Å². The fourth-order valence-electron chi connectivity index (χ4n) is 4.12. The predicted octanol–water partition coefficient (Wildman–Crippen LogP) is 8.08. The maximum Gasteiger partial charge on any atom is -0.00230 e. The molecule has 0 aliphatic rings. The van der Waals surface area contributed by atoms with Gasteiger partial charge in [0.15, 0.2) is 0 Å². The van der Waals surface area contributed by atoms with Crippen LogP contribution < -0.4 is 0 Å². The van der Waals surface area contributed by atoms with Crippen LogP contribution in [-0.4, -0.2) is 0 Å². The van der Waals surface area contributed by atoms with Crippen molar-refractivity contribution in [3.05, 3.63) is 106 Å². The second-order valence-corrected chi connectivity index (χ2v) is 8.45. The first-order valence-corrected chi connectivity index (χ1v) is 11.4. The van der Waals surface area contributed by atoms with E-state index in [1.807, 2.05) is 0 Å². The molecule has 3 aromatic carbocycles. The Morgan fingerprint density at radius 1 is 0.552 bits per heavy atom. The second kappa shape index (κ2) is 11.6. The van der Waals surface area contributed by atoms with Crippen LogP contribution in [0.4, 0.5) is 0 Å². The Kier molecular flexibility index (Phi) is 8.56. The maximum atomic E-state index is 2.33. The van der Waals surface area contributed by atoms with Crippen LogP contribution in [-0.2, 0) is 19.3 Å². The lowest BCUT2D eigenvalue weighted by molar-refractivity contribution is 0.607. The summed E-state index contributed by atoms with van der Waals surface area (Å²) in [5.41, 5.74) is 8.55. The molecule has 0 radical (unpaired) electrons. The van der Waals surface area contributed by atoms with Crippen molar-refractivity contribution in [1.29, 1.82) is 0 Å². The SMILES string of the molecule is CCCCCCCCc1ccccc1Cc1ccc(Cc2cccc(C)c2)cc1. The summed E-state index contributed by atoms with van der Waals surface area (Å²) in [5, 5.41) is 0. The van der Waals surface area contributed by atoms with Crippen molar-refractivity contribution in [3.63, 3.8) is 0 Å². The molecule has 0 unspecified atom stereocenters. The number of rotatable bonds is 11. The lowest BCUT2D eigenvalue weighted by Crippen LogP contribution is -1.97. The molecule has 29 heavy (non-hydrogen) atoms. The zero-order valence-electron chi connectivity index (χ0n) is 18.3. The smallest absolute Gasteiger partial charge is 0.00230 e. The van der Waals surface area contributed by atoms with Crippen molar-refractivity contribution in [2.75, 3.05) is 0 Å². The molecule has 0 N–H and O–H groups in total. The van der Waals surface area contributed by atoms with Gasteiger partial charge in [-0.15, -0.1) is 0 Å². The Morgan fingerprint density at radius 3 is 1.93 bits per heavy atom. The van der Waals surface area contributed by atoms with E-state index in [9.17, 15) is 0 Å². The van der Waals surface area contributed by atoms with Crippen molar-refractivity contribution < 1.29 is 0 Å². The third-order valence-corrected chi connectivity index (χ3v) is 5.83. The molecule has 0 aliphatic heterocycles. The first-order chi connectivity index (χ1) is 14.2. The Bertz CT molecular complexity index is 857. The van der Waals surface area contributed by atoms with E-state index >= 15 is 0 Å². The summed E-state index contributed by atoms with van der Waals surface area (Å²) in [4.78, 5) is 0. The maximum absolute atomic E-state index is 2.33. The van der Waals surface area contributed by atoms with Crippen LogP contribution in [0.5, 0.6) is 0 Å². The molecular weight excluding hydrogens is 348 g/mol. The highest BCUT2D eigenvalue weighted by atomic mass is 14.1. The fourth-order valence-corrected chi connectivity index (χ4v) is 4.12. The quantitative estimate of drug-likeness (QED) is 0.293. The van der Waals surface area contributed by atoms with E-state index in [1.54, 1.807) is 0 Å². The number of aryl methyl sites for hydroxylation is 2. The van der Waals surface area contributed by atoms with E-state index < -0.39 is 0 Å². The van der Waals surface area contributed by atoms with Gasteiger partial charge in [-0.2, -0.15) is 0 Å². The molecule has 0 fully saturated rings. The normalized spacial score (nSPS) is 11.0. The number of hydrogen-bond donors (Lipinski definition) is 0. The number of unbranched alkanes of at least 4 members (excludes halogenated alkanes) is 5. The Labute approximate surface area is 178 Å². The van der Waals surface area contributed by atoms with Crippen molar-refractivity contribution in [2.45, 2.75) is 71.6 Å². The van der Waals surface area contributed by atoms with Crippen LogP contribution in [0, 0.1) is 6.92 Å². The van der Waals surface area contributed by atoms with E-state index in [2.05, 4.69) is 86.6 Å². The molecule has 3 rings (SSSR count). The average molecular weight is 385 g/mol. The minimum atomic E-state index is 1.01. The molecule has 0 heterocycles. The summed E-state index contributed by atoms with van der Waals surface area (Å²) in [5.74, 6) is 0. The summed E-state index contributed by atoms with van der Waals surface area (Å²) in [6, 6.07) is 27.1. The molecule has 0 spiro atoms. The summed E-state index contributed by atoms with van der Waals surface area (Å²) in [6.45, 7) is 4.45. The van der Waals surface area contributed by atoms with Crippen molar-refractivity contribution in [1.82, 2.24) is 0 Å². The molecular formula is C29H36. The summed E-state index contributed by atoms with van der Waals surface area (Å²) in [7, 11) is 0. The monoisotopic (exact) mass is 384 g/mol. The first kappa shape index (κ1) is 21.4. The lowest BCUT2D eigenvalue weighted by Gasteiger charge is -2.11. The Hall–Kier alpha value is -2.34. The molecule has 0 heteroatoms. The average Bonchev–Trinajstić information content (AvgIpc) is 2.73. The molecule has 0 atom stereocenters. The van der Waals surface area contributed by atoms with Gasteiger partial charge >= 0.3 is 0 Å². The van der Waals surface area contributed by atoms with Gasteiger partial charge in [-0.25, -0.2) is 0 Å². The largest absolute Gasteiger partial charge is 0.0654 e.